The highest BCUT2D eigenvalue weighted by molar-refractivity contribution is 5.88. The second-order valence-electron chi connectivity index (χ2n) is 4.65. The predicted molar refractivity (Wildman–Crippen MR) is 78.9 cm³/mol. The van der Waals surface area contributed by atoms with E-state index in [1.54, 1.807) is 11.9 Å². The second-order valence-corrected chi connectivity index (χ2v) is 4.65. The van der Waals surface area contributed by atoms with E-state index in [-0.39, 0.29) is 18.4 Å². The lowest BCUT2D eigenvalue weighted by atomic mass is 10.1. The molecular weight excluding hydrogens is 254 g/mol. The van der Waals surface area contributed by atoms with Gasteiger partial charge in [0.25, 0.3) is 0 Å². The third kappa shape index (κ3) is 4.06. The first-order valence-corrected chi connectivity index (χ1v) is 6.84. The van der Waals surface area contributed by atoms with Gasteiger partial charge in [-0.1, -0.05) is 30.3 Å². The number of rotatable bonds is 6. The van der Waals surface area contributed by atoms with E-state index < -0.39 is 6.04 Å². The molecule has 0 radical (unpaired) electrons. The maximum atomic E-state index is 12.2. The monoisotopic (exact) mass is 277 g/mol. The summed E-state index contributed by atoms with van der Waals surface area (Å²) in [6, 6.07) is 8.43. The molecule has 1 aromatic rings. The molecule has 0 spiro atoms. The Morgan fingerprint density at radius 2 is 1.70 bits per heavy atom. The molecule has 20 heavy (non-hydrogen) atoms. The zero-order valence-corrected chi connectivity index (χ0v) is 12.4. The van der Waals surface area contributed by atoms with Crippen LogP contribution >= 0.6 is 0 Å². The lowest BCUT2D eigenvalue weighted by molar-refractivity contribution is -0.140. The molecule has 0 saturated heterocycles. The van der Waals surface area contributed by atoms with Crippen molar-refractivity contribution in [3.05, 3.63) is 35.9 Å². The molecule has 1 atom stereocenters. The fourth-order valence-electron chi connectivity index (χ4n) is 2.00. The normalized spacial score (nSPS) is 11.8. The quantitative estimate of drug-likeness (QED) is 0.844. The SMILES string of the molecule is CCN(CC)C(=O)CN(C)C(=O)[C@H](N)c1ccccc1. The molecule has 0 bridgehead atoms. The molecular formula is C15H23N3O2. The molecule has 2 N–H and O–H groups in total. The van der Waals surface area contributed by atoms with E-state index in [0.29, 0.717) is 13.1 Å². The van der Waals surface area contributed by atoms with Gasteiger partial charge >= 0.3 is 0 Å². The van der Waals surface area contributed by atoms with Crippen LogP contribution in [0.25, 0.3) is 0 Å². The molecule has 2 amide bonds. The standard InChI is InChI=1S/C15H23N3O2/c1-4-18(5-2)13(19)11-17(3)15(20)14(16)12-9-7-6-8-10-12/h6-10,14H,4-5,11,16H2,1-3H3/t14-/m1/s1. The van der Waals surface area contributed by atoms with Crippen LogP contribution in [0.1, 0.15) is 25.5 Å². The maximum Gasteiger partial charge on any atom is 0.244 e. The zero-order valence-electron chi connectivity index (χ0n) is 12.4. The number of carbonyl (C=O) groups excluding carboxylic acids is 2. The number of carbonyl (C=O) groups is 2. The third-order valence-electron chi connectivity index (χ3n) is 3.29. The molecule has 5 heteroatoms. The largest absolute Gasteiger partial charge is 0.342 e. The third-order valence-corrected chi connectivity index (χ3v) is 3.29. The van der Waals surface area contributed by atoms with E-state index in [9.17, 15) is 9.59 Å². The highest BCUT2D eigenvalue weighted by Gasteiger charge is 2.22. The van der Waals surface area contributed by atoms with Gasteiger partial charge in [0.05, 0.1) is 6.54 Å². The van der Waals surface area contributed by atoms with Crippen molar-refractivity contribution >= 4 is 11.8 Å². The fraction of sp³-hybridized carbons (Fsp3) is 0.467. The Balaban J connectivity index is 2.65. The van der Waals surface area contributed by atoms with E-state index in [1.807, 2.05) is 44.2 Å². The number of hydrogen-bond donors (Lipinski definition) is 1. The minimum absolute atomic E-state index is 0.0566. The van der Waals surface area contributed by atoms with E-state index in [2.05, 4.69) is 0 Å². The second kappa shape index (κ2) is 7.65. The van der Waals surface area contributed by atoms with Gasteiger partial charge in [0, 0.05) is 20.1 Å². The first-order chi connectivity index (χ1) is 9.51. The average molecular weight is 277 g/mol. The Morgan fingerprint density at radius 3 is 2.20 bits per heavy atom. The summed E-state index contributed by atoms with van der Waals surface area (Å²) in [4.78, 5) is 27.3. The summed E-state index contributed by atoms with van der Waals surface area (Å²) in [5, 5.41) is 0. The van der Waals surface area contributed by atoms with E-state index in [1.165, 1.54) is 4.90 Å². The van der Waals surface area contributed by atoms with Crippen molar-refractivity contribution in [1.82, 2.24) is 9.80 Å². The van der Waals surface area contributed by atoms with Crippen molar-refractivity contribution in [1.29, 1.82) is 0 Å². The van der Waals surface area contributed by atoms with Crippen molar-refractivity contribution in [3.8, 4) is 0 Å². The minimum Gasteiger partial charge on any atom is -0.342 e. The lowest BCUT2D eigenvalue weighted by Crippen LogP contribution is -2.43. The van der Waals surface area contributed by atoms with Crippen molar-refractivity contribution < 1.29 is 9.59 Å². The van der Waals surface area contributed by atoms with Gasteiger partial charge in [0.1, 0.15) is 6.04 Å². The Morgan fingerprint density at radius 1 is 1.15 bits per heavy atom. The van der Waals surface area contributed by atoms with Crippen molar-refractivity contribution in [2.75, 3.05) is 26.7 Å². The van der Waals surface area contributed by atoms with Crippen LogP contribution in [0.2, 0.25) is 0 Å². The number of likely N-dealkylation sites (N-methyl/N-ethyl adjacent to an activating group) is 2. The predicted octanol–water partition coefficient (Wildman–Crippen LogP) is 1.01. The molecule has 0 aromatic heterocycles. The molecule has 0 unspecified atom stereocenters. The highest BCUT2D eigenvalue weighted by Crippen LogP contribution is 2.12. The van der Waals surface area contributed by atoms with E-state index in [4.69, 9.17) is 5.73 Å². The minimum atomic E-state index is -0.731. The van der Waals surface area contributed by atoms with Gasteiger partial charge in [0.2, 0.25) is 11.8 Å². The molecule has 0 aliphatic rings. The molecule has 0 fully saturated rings. The Kier molecular flexibility index (Phi) is 6.18. The molecule has 0 saturated carbocycles. The van der Waals surface area contributed by atoms with E-state index >= 15 is 0 Å². The molecule has 1 rings (SSSR count). The molecule has 110 valence electrons. The van der Waals surface area contributed by atoms with Crippen LogP contribution < -0.4 is 5.73 Å². The molecule has 5 nitrogen and oxygen atoms in total. The van der Waals surface area contributed by atoms with Gasteiger partial charge in [-0.05, 0) is 19.4 Å². The van der Waals surface area contributed by atoms with Crippen molar-refractivity contribution in [2.45, 2.75) is 19.9 Å². The summed E-state index contributed by atoms with van der Waals surface area (Å²) >= 11 is 0. The Hall–Kier alpha value is -1.88. The summed E-state index contributed by atoms with van der Waals surface area (Å²) < 4.78 is 0. The maximum absolute atomic E-state index is 12.2. The van der Waals surface area contributed by atoms with Gasteiger partial charge in [-0.25, -0.2) is 0 Å². The summed E-state index contributed by atoms with van der Waals surface area (Å²) in [6.45, 7) is 5.17. The first-order valence-electron chi connectivity index (χ1n) is 6.84. The van der Waals surface area contributed by atoms with Gasteiger partial charge < -0.3 is 15.5 Å². The summed E-state index contributed by atoms with van der Waals surface area (Å²) in [5.74, 6) is -0.317. The summed E-state index contributed by atoms with van der Waals surface area (Å²) in [6.07, 6.45) is 0. The lowest BCUT2D eigenvalue weighted by Gasteiger charge is -2.25. The zero-order chi connectivity index (χ0) is 15.1. The Labute approximate surface area is 120 Å². The van der Waals surface area contributed by atoms with Crippen LogP contribution in [0.4, 0.5) is 0 Å². The number of benzene rings is 1. The number of nitrogens with zero attached hydrogens (tertiary/aromatic N) is 2. The fourth-order valence-corrected chi connectivity index (χ4v) is 2.00. The van der Waals surface area contributed by atoms with Gasteiger partial charge in [-0.3, -0.25) is 9.59 Å². The van der Waals surface area contributed by atoms with Crippen LogP contribution in [0.5, 0.6) is 0 Å². The highest BCUT2D eigenvalue weighted by atomic mass is 16.2. The number of amides is 2. The van der Waals surface area contributed by atoms with Crippen LogP contribution in [0, 0.1) is 0 Å². The number of nitrogens with two attached hydrogens (primary N) is 1. The molecule has 0 heterocycles. The van der Waals surface area contributed by atoms with Crippen LogP contribution in [0.15, 0.2) is 30.3 Å². The van der Waals surface area contributed by atoms with E-state index in [0.717, 1.165) is 5.56 Å². The van der Waals surface area contributed by atoms with Crippen molar-refractivity contribution in [3.63, 3.8) is 0 Å². The van der Waals surface area contributed by atoms with Crippen LogP contribution in [-0.2, 0) is 9.59 Å². The Bertz CT molecular complexity index is 444. The topological polar surface area (TPSA) is 66.6 Å². The molecule has 0 aliphatic heterocycles. The molecule has 1 aromatic carbocycles. The number of hydrogen-bond acceptors (Lipinski definition) is 3. The average Bonchev–Trinajstić information content (AvgIpc) is 2.47. The van der Waals surface area contributed by atoms with Crippen molar-refractivity contribution in [2.24, 2.45) is 5.73 Å². The van der Waals surface area contributed by atoms with Crippen LogP contribution in [-0.4, -0.2) is 48.3 Å². The summed E-state index contributed by atoms with van der Waals surface area (Å²) in [5.41, 5.74) is 6.69. The first kappa shape index (κ1) is 16.2. The van der Waals surface area contributed by atoms with Gasteiger partial charge in [-0.15, -0.1) is 0 Å². The summed E-state index contributed by atoms with van der Waals surface area (Å²) in [7, 11) is 1.60. The van der Waals surface area contributed by atoms with Gasteiger partial charge in [-0.2, -0.15) is 0 Å². The van der Waals surface area contributed by atoms with Crippen LogP contribution in [0.3, 0.4) is 0 Å². The van der Waals surface area contributed by atoms with Gasteiger partial charge in [0.15, 0.2) is 0 Å². The smallest absolute Gasteiger partial charge is 0.244 e. The molecule has 0 aliphatic carbocycles.